The molecule has 0 radical (unpaired) electrons. The van der Waals surface area contributed by atoms with Crippen LogP contribution in [0.15, 0.2) is 29.2 Å². The Labute approximate surface area is 162 Å². The van der Waals surface area contributed by atoms with Gasteiger partial charge in [-0.2, -0.15) is 13.2 Å². The van der Waals surface area contributed by atoms with Crippen molar-refractivity contribution in [3.05, 3.63) is 29.8 Å². The highest BCUT2D eigenvalue weighted by molar-refractivity contribution is 8.45. The molecule has 0 aliphatic carbocycles. The van der Waals surface area contributed by atoms with Gasteiger partial charge in [-0.25, -0.2) is 4.79 Å². The molecule has 12 heteroatoms. The van der Waals surface area contributed by atoms with E-state index < -0.39 is 56.8 Å². The van der Waals surface area contributed by atoms with Crippen molar-refractivity contribution in [1.29, 1.82) is 0 Å². The monoisotopic (exact) mass is 455 g/mol. The molecule has 1 amide bonds. The van der Waals surface area contributed by atoms with E-state index in [1.807, 2.05) is 0 Å². The van der Waals surface area contributed by atoms with E-state index in [9.17, 15) is 37.4 Å². The quantitative estimate of drug-likeness (QED) is 0.442. The van der Waals surface area contributed by atoms with Gasteiger partial charge in [-0.05, 0) is 51.3 Å². The van der Waals surface area contributed by atoms with Gasteiger partial charge in [0.05, 0.1) is 5.41 Å². The van der Waals surface area contributed by atoms with Gasteiger partial charge in [0, 0.05) is 13.1 Å². The molecule has 0 atom stereocenters. The molecule has 1 aliphatic rings. The van der Waals surface area contributed by atoms with Crippen LogP contribution >= 0.6 is 10.2 Å². The molecule has 2 rings (SSSR count). The van der Waals surface area contributed by atoms with E-state index in [0.29, 0.717) is 12.1 Å². The normalized spacial score (nSPS) is 20.6. The molecule has 0 saturated carbocycles. The van der Waals surface area contributed by atoms with Gasteiger partial charge in [0.2, 0.25) is 0 Å². The van der Waals surface area contributed by atoms with Gasteiger partial charge >= 0.3 is 22.5 Å². The van der Waals surface area contributed by atoms with E-state index in [-0.39, 0.29) is 25.2 Å². The minimum atomic E-state index is -9.99. The van der Waals surface area contributed by atoms with Crippen LogP contribution in [0.5, 0.6) is 0 Å². The van der Waals surface area contributed by atoms with Crippen LogP contribution in [0, 0.1) is 0 Å². The van der Waals surface area contributed by atoms with Crippen LogP contribution in [0.4, 0.5) is 37.4 Å². The average molecular weight is 455 g/mol. The van der Waals surface area contributed by atoms with E-state index >= 15 is 0 Å². The summed E-state index contributed by atoms with van der Waals surface area (Å²) in [6.07, 6.45) is -6.93. The lowest BCUT2D eigenvalue weighted by Gasteiger charge is -2.44. The second-order valence-corrected chi connectivity index (χ2v) is 10.4. The molecule has 0 unspecified atom stereocenters. The fourth-order valence-corrected chi connectivity index (χ4v) is 3.81. The van der Waals surface area contributed by atoms with Crippen molar-refractivity contribution in [3.63, 3.8) is 0 Å². The number of halogens is 8. The van der Waals surface area contributed by atoms with Crippen LogP contribution in [0.2, 0.25) is 0 Å². The van der Waals surface area contributed by atoms with Crippen molar-refractivity contribution in [3.8, 4) is 0 Å². The maximum absolute atomic E-state index is 13.9. The van der Waals surface area contributed by atoms with Gasteiger partial charge in [-0.3, -0.25) is 0 Å². The van der Waals surface area contributed by atoms with Crippen LogP contribution < -0.4 is 0 Å². The van der Waals surface area contributed by atoms with Gasteiger partial charge in [0.25, 0.3) is 0 Å². The van der Waals surface area contributed by atoms with Crippen molar-refractivity contribution >= 4 is 16.3 Å². The summed E-state index contributed by atoms with van der Waals surface area (Å²) < 4.78 is 111. The number of carbonyl (C=O) groups is 1. The fourth-order valence-electron chi connectivity index (χ4n) is 3.16. The Morgan fingerprint density at radius 2 is 1.41 bits per heavy atom. The minimum absolute atomic E-state index is 0.0232. The Morgan fingerprint density at radius 1 is 0.966 bits per heavy atom. The smallest absolute Gasteiger partial charge is 0.410 e. The van der Waals surface area contributed by atoms with E-state index in [4.69, 9.17) is 4.74 Å². The molecule has 0 N–H and O–H groups in total. The second kappa shape index (κ2) is 6.14. The second-order valence-electron chi connectivity index (χ2n) is 8.04. The van der Waals surface area contributed by atoms with Gasteiger partial charge in [0.15, 0.2) is 0 Å². The summed E-state index contributed by atoms with van der Waals surface area (Å²) in [6, 6.07) is 0.822. The first-order valence-electron chi connectivity index (χ1n) is 8.54. The van der Waals surface area contributed by atoms with Crippen molar-refractivity contribution < 1.29 is 42.1 Å². The minimum Gasteiger partial charge on any atom is -0.444 e. The third kappa shape index (κ3) is 5.26. The number of nitrogens with zero attached hydrogens (tertiary/aromatic N) is 1. The molecule has 1 saturated heterocycles. The molecule has 0 spiro atoms. The molecule has 1 heterocycles. The Hall–Kier alpha value is -1.72. The summed E-state index contributed by atoms with van der Waals surface area (Å²) >= 11 is 0. The van der Waals surface area contributed by atoms with Gasteiger partial charge < -0.3 is 9.64 Å². The van der Waals surface area contributed by atoms with Crippen LogP contribution in [0.3, 0.4) is 0 Å². The fraction of sp³-hybridized carbons (Fsp3) is 0.588. The number of alkyl halides is 3. The highest BCUT2D eigenvalue weighted by Crippen LogP contribution is 3.02. The van der Waals surface area contributed by atoms with Crippen molar-refractivity contribution in [2.24, 2.45) is 0 Å². The zero-order valence-corrected chi connectivity index (χ0v) is 16.6. The molecule has 168 valence electrons. The van der Waals surface area contributed by atoms with E-state index in [1.54, 1.807) is 20.8 Å². The van der Waals surface area contributed by atoms with Crippen LogP contribution in [-0.2, 0) is 10.2 Å². The van der Waals surface area contributed by atoms with E-state index in [1.165, 1.54) is 0 Å². The van der Waals surface area contributed by atoms with Crippen LogP contribution in [0.25, 0.3) is 0 Å². The first-order valence-corrected chi connectivity index (χ1v) is 10.5. The Balaban J connectivity index is 2.32. The number of benzene rings is 1. The standard InChI is InChI=1S/C17H21F8NO2S/c1-15(2,3)28-14(27)26-10-8-16(9-11-26,17(18,19)20)12-4-6-13(7-5-12)29(21,22,23,24)25/h4-7H,8-11H2,1-3H3. The summed E-state index contributed by atoms with van der Waals surface area (Å²) in [5.41, 5.74) is -3.96. The maximum atomic E-state index is 13.9. The number of amides is 1. The Kier molecular flexibility index (Phi) is 4.99. The summed E-state index contributed by atoms with van der Waals surface area (Å²) in [5, 5.41) is 0. The lowest BCUT2D eigenvalue weighted by atomic mass is 9.72. The number of piperidine rings is 1. The predicted octanol–water partition coefficient (Wildman–Crippen LogP) is 7.18. The molecule has 0 bridgehead atoms. The largest absolute Gasteiger partial charge is 0.444 e. The van der Waals surface area contributed by atoms with Gasteiger partial charge in [0.1, 0.15) is 10.5 Å². The molecule has 0 aromatic heterocycles. The van der Waals surface area contributed by atoms with Gasteiger partial charge in [-0.1, -0.05) is 31.6 Å². The zero-order valence-electron chi connectivity index (χ0n) is 15.8. The first-order chi connectivity index (χ1) is 12.6. The molecule has 3 nitrogen and oxygen atoms in total. The highest BCUT2D eigenvalue weighted by atomic mass is 32.5. The maximum Gasteiger partial charge on any atom is 0.410 e. The van der Waals surface area contributed by atoms with Crippen LogP contribution in [-0.4, -0.2) is 35.9 Å². The molecular formula is C17H21F8NO2S. The SMILES string of the molecule is CC(C)(C)OC(=O)N1CCC(c2ccc(S(F)(F)(F)(F)F)cc2)(C(F)(F)F)CC1. The highest BCUT2D eigenvalue weighted by Gasteiger charge is 2.65. The molecule has 1 aliphatic heterocycles. The molecule has 1 fully saturated rings. The first kappa shape index (κ1) is 23.6. The topological polar surface area (TPSA) is 29.5 Å². The summed E-state index contributed by atoms with van der Waals surface area (Å²) in [4.78, 5) is 10.9. The van der Waals surface area contributed by atoms with Crippen molar-refractivity contribution in [2.45, 2.75) is 55.7 Å². The molecule has 1 aromatic rings. The van der Waals surface area contributed by atoms with E-state index in [0.717, 1.165) is 4.90 Å². The predicted molar refractivity (Wildman–Crippen MR) is 92.6 cm³/mol. The Morgan fingerprint density at radius 3 is 1.76 bits per heavy atom. The summed E-state index contributed by atoms with van der Waals surface area (Å²) in [6.45, 7) is 4.08. The van der Waals surface area contributed by atoms with Crippen molar-refractivity contribution in [1.82, 2.24) is 4.90 Å². The lowest BCUT2D eigenvalue weighted by molar-refractivity contribution is -0.202. The lowest BCUT2D eigenvalue weighted by Crippen LogP contribution is -2.53. The third-order valence-electron chi connectivity index (χ3n) is 4.66. The number of hydrogen-bond acceptors (Lipinski definition) is 2. The molecule has 1 aromatic carbocycles. The van der Waals surface area contributed by atoms with E-state index in [2.05, 4.69) is 0 Å². The Bertz CT molecular complexity index is 773. The van der Waals surface area contributed by atoms with Gasteiger partial charge in [-0.15, -0.1) is 0 Å². The number of hydrogen-bond donors (Lipinski definition) is 0. The number of carbonyl (C=O) groups excluding carboxylic acids is 1. The zero-order chi connectivity index (χ0) is 22.6. The number of rotatable bonds is 2. The molecular weight excluding hydrogens is 434 g/mol. The van der Waals surface area contributed by atoms with Crippen molar-refractivity contribution in [2.75, 3.05) is 13.1 Å². The van der Waals surface area contributed by atoms with Crippen LogP contribution in [0.1, 0.15) is 39.2 Å². The average Bonchev–Trinajstić information content (AvgIpc) is 2.50. The summed E-state index contributed by atoms with van der Waals surface area (Å²) in [5.74, 6) is 0. The number of likely N-dealkylation sites (tertiary alicyclic amines) is 1. The molecule has 29 heavy (non-hydrogen) atoms. The number of ether oxygens (including phenoxy) is 1. The summed E-state index contributed by atoms with van der Waals surface area (Å²) in [7, 11) is -9.99. The third-order valence-corrected chi connectivity index (χ3v) is 5.83.